The normalized spacial score (nSPS) is 24.2. The van der Waals surface area contributed by atoms with Crippen LogP contribution in [0.15, 0.2) is 17.5 Å². The van der Waals surface area contributed by atoms with Crippen molar-refractivity contribution < 1.29 is 19.5 Å². The number of likely N-dealkylation sites (tertiary alicyclic amines) is 2. The molecule has 1 aromatic heterocycles. The first-order chi connectivity index (χ1) is 11.6. The summed E-state index contributed by atoms with van der Waals surface area (Å²) in [6.07, 6.45) is 3.15. The number of carbonyl (C=O) groups excluding carboxylic acids is 2. The molecule has 2 fully saturated rings. The molecule has 1 aromatic rings. The third-order valence-electron chi connectivity index (χ3n) is 4.85. The molecule has 0 aromatic carbocycles. The molecular weight excluding hydrogens is 328 g/mol. The van der Waals surface area contributed by atoms with E-state index in [0.29, 0.717) is 38.8 Å². The first kappa shape index (κ1) is 17.0. The van der Waals surface area contributed by atoms with Crippen molar-refractivity contribution >= 4 is 29.1 Å². The van der Waals surface area contributed by atoms with Gasteiger partial charge >= 0.3 is 5.97 Å². The van der Waals surface area contributed by atoms with Crippen LogP contribution in [0.4, 0.5) is 0 Å². The van der Waals surface area contributed by atoms with Crippen molar-refractivity contribution in [3.8, 4) is 0 Å². The van der Waals surface area contributed by atoms with Crippen molar-refractivity contribution in [2.24, 2.45) is 5.92 Å². The summed E-state index contributed by atoms with van der Waals surface area (Å²) in [4.78, 5) is 40.9. The maximum absolute atomic E-state index is 12.8. The molecule has 3 rings (SSSR count). The Morgan fingerprint density at radius 1 is 1.21 bits per heavy atom. The maximum atomic E-state index is 12.8. The predicted octanol–water partition coefficient (Wildman–Crippen LogP) is 1.60. The molecule has 0 aliphatic carbocycles. The second kappa shape index (κ2) is 7.34. The summed E-state index contributed by atoms with van der Waals surface area (Å²) in [7, 11) is 0. The quantitative estimate of drug-likeness (QED) is 0.895. The van der Waals surface area contributed by atoms with Gasteiger partial charge in [0.2, 0.25) is 11.8 Å². The molecule has 0 bridgehead atoms. The first-order valence-electron chi connectivity index (χ1n) is 8.39. The zero-order valence-corrected chi connectivity index (χ0v) is 14.3. The zero-order chi connectivity index (χ0) is 17.1. The third kappa shape index (κ3) is 3.61. The number of hydrogen-bond donors (Lipinski definition) is 1. The molecule has 6 nitrogen and oxygen atoms in total. The fourth-order valence-corrected chi connectivity index (χ4v) is 4.27. The van der Waals surface area contributed by atoms with E-state index in [1.165, 1.54) is 0 Å². The van der Waals surface area contributed by atoms with Crippen molar-refractivity contribution in [2.75, 3.05) is 19.6 Å². The highest BCUT2D eigenvalue weighted by Crippen LogP contribution is 2.24. The average molecular weight is 350 g/mol. The van der Waals surface area contributed by atoms with E-state index in [1.54, 1.807) is 21.1 Å². The van der Waals surface area contributed by atoms with Crippen molar-refractivity contribution in [3.63, 3.8) is 0 Å². The number of rotatable bonds is 4. The molecule has 0 radical (unpaired) electrons. The minimum absolute atomic E-state index is 0.0138. The van der Waals surface area contributed by atoms with Crippen molar-refractivity contribution in [2.45, 2.75) is 38.1 Å². The Morgan fingerprint density at radius 3 is 2.71 bits per heavy atom. The molecule has 0 spiro atoms. The Labute approximate surface area is 145 Å². The van der Waals surface area contributed by atoms with E-state index in [4.69, 9.17) is 0 Å². The third-order valence-corrected chi connectivity index (χ3v) is 5.72. The van der Waals surface area contributed by atoms with E-state index in [9.17, 15) is 19.5 Å². The van der Waals surface area contributed by atoms with Crippen LogP contribution in [0.5, 0.6) is 0 Å². The highest BCUT2D eigenvalue weighted by molar-refractivity contribution is 7.10. The predicted molar refractivity (Wildman–Crippen MR) is 89.7 cm³/mol. The van der Waals surface area contributed by atoms with Crippen LogP contribution in [0.25, 0.3) is 0 Å². The molecule has 1 N–H and O–H groups in total. The second-order valence-electron chi connectivity index (χ2n) is 6.46. The van der Waals surface area contributed by atoms with Gasteiger partial charge in [-0.25, -0.2) is 0 Å². The monoisotopic (exact) mass is 350 g/mol. The minimum Gasteiger partial charge on any atom is -0.481 e. The fraction of sp³-hybridized carbons (Fsp3) is 0.588. The van der Waals surface area contributed by atoms with Crippen molar-refractivity contribution in [3.05, 3.63) is 22.4 Å². The van der Waals surface area contributed by atoms with Gasteiger partial charge in [0.25, 0.3) is 0 Å². The van der Waals surface area contributed by atoms with Gasteiger partial charge in [-0.2, -0.15) is 0 Å². The molecule has 7 heteroatoms. The largest absolute Gasteiger partial charge is 0.481 e. The number of amides is 2. The van der Waals surface area contributed by atoms with Gasteiger partial charge in [0, 0.05) is 24.5 Å². The maximum Gasteiger partial charge on any atom is 0.308 e. The number of aliphatic carboxylic acids is 1. The highest BCUT2D eigenvalue weighted by atomic mass is 32.1. The lowest BCUT2D eigenvalue weighted by molar-refractivity contribution is -0.149. The summed E-state index contributed by atoms with van der Waals surface area (Å²) < 4.78 is 0. The summed E-state index contributed by atoms with van der Waals surface area (Å²) >= 11 is 1.54. The van der Waals surface area contributed by atoms with Crippen molar-refractivity contribution in [1.29, 1.82) is 0 Å². The minimum atomic E-state index is -0.843. The lowest BCUT2D eigenvalue weighted by atomic mass is 9.97. The molecule has 0 unspecified atom stereocenters. The SMILES string of the molecule is O=C(O)[C@@H]1CCCN(C(=O)[C@H]2CCCN2C(=O)Cc2cccs2)C1. The number of nitrogens with zero attached hydrogens (tertiary/aromatic N) is 2. The smallest absolute Gasteiger partial charge is 0.308 e. The van der Waals surface area contributed by atoms with E-state index in [1.807, 2.05) is 17.5 Å². The van der Waals surface area contributed by atoms with Gasteiger partial charge < -0.3 is 14.9 Å². The number of carboxylic acid groups (broad SMARTS) is 1. The van der Waals surface area contributed by atoms with Crippen LogP contribution in [0.3, 0.4) is 0 Å². The highest BCUT2D eigenvalue weighted by Gasteiger charge is 2.38. The van der Waals surface area contributed by atoms with Crippen LogP contribution in [-0.4, -0.2) is 58.4 Å². The second-order valence-corrected chi connectivity index (χ2v) is 7.50. The summed E-state index contributed by atoms with van der Waals surface area (Å²) in [6.45, 7) is 1.46. The summed E-state index contributed by atoms with van der Waals surface area (Å²) in [5.41, 5.74) is 0. The summed E-state index contributed by atoms with van der Waals surface area (Å²) in [6, 6.07) is 3.42. The molecule has 0 saturated carbocycles. The summed E-state index contributed by atoms with van der Waals surface area (Å²) in [5.74, 6) is -1.43. The summed E-state index contributed by atoms with van der Waals surface area (Å²) in [5, 5.41) is 11.1. The molecule has 3 heterocycles. The standard InChI is InChI=1S/C17H22N2O4S/c20-15(10-13-5-3-9-24-13)19-8-2-6-14(19)16(21)18-7-1-4-12(11-18)17(22)23/h3,5,9,12,14H,1-2,4,6-8,10-11H2,(H,22,23)/t12-,14-/m1/s1. The van der Waals surface area contributed by atoms with E-state index in [-0.39, 0.29) is 18.4 Å². The number of piperidine rings is 1. The lowest BCUT2D eigenvalue weighted by Crippen LogP contribution is -2.51. The number of hydrogen-bond acceptors (Lipinski definition) is 4. The van der Waals surface area contributed by atoms with E-state index in [2.05, 4.69) is 0 Å². The van der Waals surface area contributed by atoms with Gasteiger partial charge in [-0.1, -0.05) is 6.07 Å². The molecule has 130 valence electrons. The number of carbonyl (C=O) groups is 3. The van der Waals surface area contributed by atoms with Gasteiger partial charge in [0.15, 0.2) is 0 Å². The number of carboxylic acids is 1. The molecule has 2 aliphatic heterocycles. The Hall–Kier alpha value is -1.89. The van der Waals surface area contributed by atoms with E-state index in [0.717, 1.165) is 11.3 Å². The van der Waals surface area contributed by atoms with Crippen molar-refractivity contribution in [1.82, 2.24) is 9.80 Å². The molecular formula is C17H22N2O4S. The first-order valence-corrected chi connectivity index (χ1v) is 9.27. The molecule has 2 amide bonds. The van der Waals surface area contributed by atoms with Gasteiger partial charge in [-0.15, -0.1) is 11.3 Å². The Bertz CT molecular complexity index is 616. The average Bonchev–Trinajstić information content (AvgIpc) is 3.25. The molecule has 2 aliphatic rings. The van der Waals surface area contributed by atoms with Crippen LogP contribution >= 0.6 is 11.3 Å². The van der Waals surface area contributed by atoms with Crippen LogP contribution in [0.1, 0.15) is 30.6 Å². The lowest BCUT2D eigenvalue weighted by Gasteiger charge is -2.34. The van der Waals surface area contributed by atoms with E-state index >= 15 is 0 Å². The van der Waals surface area contributed by atoms with Crippen LogP contribution in [-0.2, 0) is 20.8 Å². The Kier molecular flexibility index (Phi) is 5.18. The van der Waals surface area contributed by atoms with Gasteiger partial charge in [-0.3, -0.25) is 14.4 Å². The zero-order valence-electron chi connectivity index (χ0n) is 13.5. The molecule has 24 heavy (non-hydrogen) atoms. The Morgan fingerprint density at radius 2 is 2.00 bits per heavy atom. The van der Waals surface area contributed by atoms with Crippen LogP contribution < -0.4 is 0 Å². The molecule has 2 saturated heterocycles. The van der Waals surface area contributed by atoms with Gasteiger partial charge in [-0.05, 0) is 37.1 Å². The fourth-order valence-electron chi connectivity index (χ4n) is 3.58. The topological polar surface area (TPSA) is 77.9 Å². The van der Waals surface area contributed by atoms with Crippen LogP contribution in [0.2, 0.25) is 0 Å². The van der Waals surface area contributed by atoms with Crippen LogP contribution in [0, 0.1) is 5.92 Å². The van der Waals surface area contributed by atoms with Gasteiger partial charge in [0.1, 0.15) is 6.04 Å². The van der Waals surface area contributed by atoms with E-state index < -0.39 is 17.9 Å². The molecule has 2 atom stereocenters. The Balaban J connectivity index is 1.64. The number of thiophene rings is 1. The van der Waals surface area contributed by atoms with Gasteiger partial charge in [0.05, 0.1) is 12.3 Å².